The van der Waals surface area contributed by atoms with E-state index in [0.29, 0.717) is 29.1 Å². The summed E-state index contributed by atoms with van der Waals surface area (Å²) in [6.07, 6.45) is 0.392. The van der Waals surface area contributed by atoms with Gasteiger partial charge < -0.3 is 9.47 Å². The zero-order chi connectivity index (χ0) is 23.0. The van der Waals surface area contributed by atoms with E-state index in [-0.39, 0.29) is 30.3 Å². The van der Waals surface area contributed by atoms with Crippen molar-refractivity contribution in [1.29, 1.82) is 0 Å². The van der Waals surface area contributed by atoms with Crippen LogP contribution in [0.3, 0.4) is 0 Å². The van der Waals surface area contributed by atoms with E-state index in [2.05, 4.69) is 15.3 Å². The van der Waals surface area contributed by atoms with Gasteiger partial charge in [-0.05, 0) is 45.0 Å². The number of ether oxygens (including phenoxy) is 2. The molecule has 0 fully saturated rings. The first-order chi connectivity index (χ1) is 15.3. The number of fused-ring (bicyclic) bond motifs is 1. The number of methoxy groups -OCH3 is 1. The van der Waals surface area contributed by atoms with E-state index in [9.17, 15) is 13.2 Å². The van der Waals surface area contributed by atoms with Gasteiger partial charge in [-0.15, -0.1) is 0 Å². The maximum atomic E-state index is 13.4. The van der Waals surface area contributed by atoms with Gasteiger partial charge in [0.05, 0.1) is 36.5 Å². The number of hydrogen-bond donors (Lipinski definition) is 1. The molecule has 2 aromatic heterocycles. The fraction of sp³-hybridized carbons (Fsp3) is 0.381. The Kier molecular flexibility index (Phi) is 5.78. The second kappa shape index (κ2) is 8.40. The van der Waals surface area contributed by atoms with E-state index in [1.165, 1.54) is 4.31 Å². The summed E-state index contributed by atoms with van der Waals surface area (Å²) in [7, 11) is -2.22. The second-order valence-electron chi connectivity index (χ2n) is 7.46. The lowest BCUT2D eigenvalue weighted by molar-refractivity contribution is 0.0517. The van der Waals surface area contributed by atoms with Crippen LogP contribution in [0.2, 0.25) is 0 Å². The van der Waals surface area contributed by atoms with Crippen LogP contribution < -0.4 is 4.74 Å². The summed E-state index contributed by atoms with van der Waals surface area (Å²) >= 11 is 0. The number of hydrogen-bond acceptors (Lipinski definition) is 7. The normalized spacial score (nSPS) is 14.2. The lowest BCUT2D eigenvalue weighted by atomic mass is 10.1. The van der Waals surface area contributed by atoms with Gasteiger partial charge in [0.15, 0.2) is 5.69 Å². The summed E-state index contributed by atoms with van der Waals surface area (Å²) < 4.78 is 40.2. The minimum Gasteiger partial charge on any atom is -0.497 e. The Morgan fingerprint density at radius 2 is 1.94 bits per heavy atom. The number of rotatable bonds is 6. The first kappa shape index (κ1) is 22.0. The lowest BCUT2D eigenvalue weighted by Gasteiger charge is -2.27. The molecule has 0 unspecified atom stereocenters. The van der Waals surface area contributed by atoms with E-state index in [1.807, 2.05) is 12.1 Å². The quantitative estimate of drug-likeness (QED) is 0.561. The van der Waals surface area contributed by atoms with Crippen molar-refractivity contribution < 1.29 is 22.7 Å². The molecule has 0 amide bonds. The third-order valence-corrected chi connectivity index (χ3v) is 7.58. The number of nitrogens with one attached hydrogen (secondary N) is 1. The standard InChI is InChI=1S/C21H25N5O5S/c1-5-31-21(27)19-17-12-25(32(28,29)20-13(2)22-23-14(20)3)11-10-18(17)26(24-19)15-6-8-16(30-4)9-7-15/h6-9H,5,10-12H2,1-4H3,(H,22,23). The van der Waals surface area contributed by atoms with Gasteiger partial charge in [0, 0.05) is 25.1 Å². The summed E-state index contributed by atoms with van der Waals surface area (Å²) in [6, 6.07) is 7.28. The Labute approximate surface area is 186 Å². The highest BCUT2D eigenvalue weighted by Gasteiger charge is 2.36. The Bertz CT molecular complexity index is 1240. The molecule has 11 heteroatoms. The lowest BCUT2D eigenvalue weighted by Crippen LogP contribution is -2.37. The minimum absolute atomic E-state index is 0.0199. The van der Waals surface area contributed by atoms with Gasteiger partial charge >= 0.3 is 5.97 Å². The van der Waals surface area contributed by atoms with Crippen molar-refractivity contribution in [2.75, 3.05) is 20.3 Å². The molecule has 0 aliphatic carbocycles. The minimum atomic E-state index is -3.81. The highest BCUT2D eigenvalue weighted by atomic mass is 32.2. The van der Waals surface area contributed by atoms with Gasteiger partial charge in [-0.3, -0.25) is 5.10 Å². The molecule has 3 heterocycles. The van der Waals surface area contributed by atoms with Crippen LogP contribution in [0.5, 0.6) is 5.75 Å². The van der Waals surface area contributed by atoms with Crippen molar-refractivity contribution in [3.05, 3.63) is 52.6 Å². The number of esters is 1. The second-order valence-corrected chi connectivity index (χ2v) is 9.33. The molecule has 0 spiro atoms. The SMILES string of the molecule is CCOC(=O)c1nn(-c2ccc(OC)cc2)c2c1CN(S(=O)(=O)c1c(C)n[nH]c1C)CC2. The van der Waals surface area contributed by atoms with Crippen molar-refractivity contribution in [2.24, 2.45) is 0 Å². The Morgan fingerprint density at radius 1 is 1.22 bits per heavy atom. The molecule has 0 bridgehead atoms. The molecule has 0 saturated heterocycles. The third kappa shape index (κ3) is 3.67. The number of carbonyl (C=O) groups excluding carboxylic acids is 1. The van der Waals surface area contributed by atoms with Gasteiger partial charge in [0.25, 0.3) is 0 Å². The Morgan fingerprint density at radius 3 is 2.53 bits per heavy atom. The summed E-state index contributed by atoms with van der Waals surface area (Å²) in [6.45, 7) is 5.51. The first-order valence-electron chi connectivity index (χ1n) is 10.2. The highest BCUT2D eigenvalue weighted by Crippen LogP contribution is 2.31. The Hall–Kier alpha value is -3.18. The maximum Gasteiger partial charge on any atom is 0.359 e. The molecule has 4 rings (SSSR count). The molecule has 1 N–H and O–H groups in total. The van der Waals surface area contributed by atoms with Crippen LogP contribution in [-0.2, 0) is 27.7 Å². The summed E-state index contributed by atoms with van der Waals surface area (Å²) in [4.78, 5) is 12.8. The molecule has 0 saturated carbocycles. The van der Waals surface area contributed by atoms with Crippen molar-refractivity contribution in [3.8, 4) is 11.4 Å². The van der Waals surface area contributed by atoms with Crippen molar-refractivity contribution in [1.82, 2.24) is 24.3 Å². The number of aromatic nitrogens is 4. The van der Waals surface area contributed by atoms with Gasteiger partial charge in [0.1, 0.15) is 10.6 Å². The van der Waals surface area contributed by atoms with E-state index in [1.54, 1.807) is 44.7 Å². The molecule has 1 aliphatic rings. The van der Waals surface area contributed by atoms with Crippen LogP contribution in [0.15, 0.2) is 29.2 Å². The number of sulfonamides is 1. The van der Waals surface area contributed by atoms with Crippen molar-refractivity contribution in [3.63, 3.8) is 0 Å². The topological polar surface area (TPSA) is 119 Å². The van der Waals surface area contributed by atoms with Crippen LogP contribution in [0.25, 0.3) is 5.69 Å². The van der Waals surface area contributed by atoms with Crippen LogP contribution in [0.4, 0.5) is 0 Å². The fourth-order valence-corrected chi connectivity index (χ4v) is 5.69. The molecule has 10 nitrogen and oxygen atoms in total. The van der Waals surface area contributed by atoms with Crippen LogP contribution in [0.1, 0.15) is 40.1 Å². The zero-order valence-electron chi connectivity index (χ0n) is 18.4. The number of carbonyl (C=O) groups is 1. The highest BCUT2D eigenvalue weighted by molar-refractivity contribution is 7.89. The van der Waals surface area contributed by atoms with E-state index < -0.39 is 16.0 Å². The van der Waals surface area contributed by atoms with Gasteiger partial charge in [-0.25, -0.2) is 17.9 Å². The largest absolute Gasteiger partial charge is 0.497 e. The molecule has 1 aromatic carbocycles. The molecule has 1 aliphatic heterocycles. The van der Waals surface area contributed by atoms with Crippen molar-refractivity contribution in [2.45, 2.75) is 38.6 Å². The van der Waals surface area contributed by atoms with Gasteiger partial charge in [-0.2, -0.15) is 14.5 Å². The summed E-state index contributed by atoms with van der Waals surface area (Å²) in [5.41, 5.74) is 3.09. The molecule has 170 valence electrons. The summed E-state index contributed by atoms with van der Waals surface area (Å²) in [5.74, 6) is 0.120. The van der Waals surface area contributed by atoms with Crippen LogP contribution in [-0.4, -0.2) is 58.9 Å². The zero-order valence-corrected chi connectivity index (χ0v) is 19.2. The predicted octanol–water partition coefficient (Wildman–Crippen LogP) is 2.14. The molecule has 3 aromatic rings. The molecule has 0 radical (unpaired) electrons. The number of benzene rings is 1. The Balaban J connectivity index is 1.78. The van der Waals surface area contributed by atoms with E-state index >= 15 is 0 Å². The smallest absolute Gasteiger partial charge is 0.359 e. The summed E-state index contributed by atoms with van der Waals surface area (Å²) in [5, 5.41) is 11.3. The molecule has 32 heavy (non-hydrogen) atoms. The van der Waals surface area contributed by atoms with Crippen LogP contribution in [0, 0.1) is 13.8 Å². The maximum absolute atomic E-state index is 13.4. The van der Waals surface area contributed by atoms with Gasteiger partial charge in [-0.1, -0.05) is 0 Å². The molecular weight excluding hydrogens is 434 g/mol. The predicted molar refractivity (Wildman–Crippen MR) is 115 cm³/mol. The van der Waals surface area contributed by atoms with Crippen LogP contribution >= 0.6 is 0 Å². The third-order valence-electron chi connectivity index (χ3n) is 5.47. The average Bonchev–Trinajstić information content (AvgIpc) is 3.33. The molecule has 0 atom stereocenters. The first-order valence-corrected chi connectivity index (χ1v) is 11.7. The number of nitrogens with zero attached hydrogens (tertiary/aromatic N) is 4. The fourth-order valence-electron chi connectivity index (χ4n) is 3.95. The van der Waals surface area contributed by atoms with Gasteiger partial charge in [0.2, 0.25) is 10.0 Å². The number of aryl methyl sites for hydroxylation is 2. The van der Waals surface area contributed by atoms with E-state index in [4.69, 9.17) is 9.47 Å². The number of H-pyrrole nitrogens is 1. The number of aromatic amines is 1. The molecular formula is C21H25N5O5S. The van der Waals surface area contributed by atoms with E-state index in [0.717, 1.165) is 11.4 Å². The monoisotopic (exact) mass is 459 g/mol. The van der Waals surface area contributed by atoms with Crippen molar-refractivity contribution >= 4 is 16.0 Å². The average molecular weight is 460 g/mol.